The van der Waals surface area contributed by atoms with E-state index in [0.717, 1.165) is 13.0 Å². The van der Waals surface area contributed by atoms with E-state index in [2.05, 4.69) is 72.3 Å². The highest BCUT2D eigenvalue weighted by Crippen LogP contribution is 2.20. The Morgan fingerprint density at radius 2 is 1.67 bits per heavy atom. The first-order chi connectivity index (χ1) is 8.84. The van der Waals surface area contributed by atoms with Crippen molar-refractivity contribution in [3.05, 3.63) is 71.3 Å². The minimum absolute atomic E-state index is 0.444. The van der Waals surface area contributed by atoms with Crippen molar-refractivity contribution in [1.29, 1.82) is 0 Å². The molecule has 0 saturated carbocycles. The summed E-state index contributed by atoms with van der Waals surface area (Å²) in [5, 5.41) is 0. The van der Waals surface area contributed by atoms with E-state index in [0.29, 0.717) is 6.04 Å². The molecule has 3 rings (SSSR count). The monoisotopic (exact) mass is 236 g/mol. The Hall–Kier alpha value is -1.89. The molecule has 2 aromatic rings. The Labute approximate surface area is 108 Å². The number of hydrogen-bond acceptors (Lipinski definition) is 0. The van der Waals surface area contributed by atoms with E-state index in [1.165, 1.54) is 16.7 Å². The largest absolute Gasteiger partial charge is 0.228 e. The second-order valence-electron chi connectivity index (χ2n) is 4.90. The molecule has 0 amide bonds. The second-order valence-corrected chi connectivity index (χ2v) is 4.90. The molecule has 90 valence electrons. The first-order valence-corrected chi connectivity index (χ1v) is 6.58. The van der Waals surface area contributed by atoms with Gasteiger partial charge in [0.15, 0.2) is 12.3 Å². The first kappa shape index (κ1) is 11.2. The van der Waals surface area contributed by atoms with Crippen LogP contribution in [0.3, 0.4) is 0 Å². The van der Waals surface area contributed by atoms with Crippen LogP contribution in [-0.4, -0.2) is 17.3 Å². The molecule has 0 N–H and O–H groups in total. The third kappa shape index (κ3) is 2.08. The molecule has 0 unspecified atom stereocenters. The Bertz CT molecular complexity index is 569. The molecular weight excluding hydrogens is 218 g/mol. The Morgan fingerprint density at radius 1 is 0.944 bits per heavy atom. The average Bonchev–Trinajstić information content (AvgIpc) is 2.47. The van der Waals surface area contributed by atoms with Crippen LogP contribution in [-0.2, 0) is 6.42 Å². The summed E-state index contributed by atoms with van der Waals surface area (Å²) < 4.78 is 2.44. The van der Waals surface area contributed by atoms with E-state index in [-0.39, 0.29) is 0 Å². The van der Waals surface area contributed by atoms with Gasteiger partial charge in [-0.3, -0.25) is 0 Å². The van der Waals surface area contributed by atoms with Gasteiger partial charge in [-0.2, -0.15) is 0 Å². The van der Waals surface area contributed by atoms with Gasteiger partial charge in [0.05, 0.1) is 0 Å². The first-order valence-electron chi connectivity index (χ1n) is 6.58. The minimum Gasteiger partial charge on any atom is -0.228 e. The van der Waals surface area contributed by atoms with Crippen molar-refractivity contribution in [2.24, 2.45) is 0 Å². The molecule has 1 aliphatic heterocycles. The van der Waals surface area contributed by atoms with Crippen LogP contribution in [0.15, 0.2) is 54.6 Å². The van der Waals surface area contributed by atoms with Crippen LogP contribution in [0.4, 0.5) is 0 Å². The Kier molecular flexibility index (Phi) is 2.97. The third-order valence-corrected chi connectivity index (χ3v) is 3.78. The predicted molar refractivity (Wildman–Crippen MR) is 75.3 cm³/mol. The number of nitrogens with zero attached hydrogens (tertiary/aromatic N) is 1. The van der Waals surface area contributed by atoms with E-state index in [9.17, 15) is 0 Å². The second kappa shape index (κ2) is 4.77. The van der Waals surface area contributed by atoms with Crippen molar-refractivity contribution in [3.63, 3.8) is 0 Å². The molecule has 1 atom stereocenters. The van der Waals surface area contributed by atoms with Gasteiger partial charge in [-0.1, -0.05) is 48.5 Å². The lowest BCUT2D eigenvalue weighted by atomic mass is 10.0. The van der Waals surface area contributed by atoms with Gasteiger partial charge in [-0.05, 0) is 11.6 Å². The van der Waals surface area contributed by atoms with E-state index in [4.69, 9.17) is 0 Å². The highest BCUT2D eigenvalue weighted by molar-refractivity contribution is 5.78. The van der Waals surface area contributed by atoms with Crippen molar-refractivity contribution >= 4 is 6.21 Å². The van der Waals surface area contributed by atoms with Crippen LogP contribution in [0.5, 0.6) is 0 Å². The van der Waals surface area contributed by atoms with Crippen LogP contribution >= 0.6 is 0 Å². The zero-order valence-electron chi connectivity index (χ0n) is 10.7. The number of benzene rings is 2. The molecule has 0 radical (unpaired) electrons. The normalized spacial score (nSPS) is 15.7. The summed E-state index contributed by atoms with van der Waals surface area (Å²) in [6.45, 7) is 3.38. The van der Waals surface area contributed by atoms with Crippen molar-refractivity contribution in [2.75, 3.05) is 6.54 Å². The zero-order valence-corrected chi connectivity index (χ0v) is 10.7. The summed E-state index contributed by atoms with van der Waals surface area (Å²) in [5.74, 6) is 0. The van der Waals surface area contributed by atoms with Crippen LogP contribution in [0.2, 0.25) is 0 Å². The van der Waals surface area contributed by atoms with Gasteiger partial charge in [-0.25, -0.2) is 4.58 Å². The predicted octanol–water partition coefficient (Wildman–Crippen LogP) is 3.44. The quantitative estimate of drug-likeness (QED) is 0.703. The van der Waals surface area contributed by atoms with E-state index >= 15 is 0 Å². The molecule has 0 aromatic heterocycles. The zero-order chi connectivity index (χ0) is 12.4. The average molecular weight is 236 g/mol. The lowest BCUT2D eigenvalue weighted by Crippen LogP contribution is -2.25. The topological polar surface area (TPSA) is 3.01 Å². The number of hydrogen-bond donors (Lipinski definition) is 0. The fourth-order valence-corrected chi connectivity index (χ4v) is 2.61. The summed E-state index contributed by atoms with van der Waals surface area (Å²) in [6, 6.07) is 19.8. The third-order valence-electron chi connectivity index (χ3n) is 3.78. The lowest BCUT2D eigenvalue weighted by molar-refractivity contribution is -0.565. The summed E-state index contributed by atoms with van der Waals surface area (Å²) >= 11 is 0. The molecule has 1 heterocycles. The maximum absolute atomic E-state index is 2.44. The van der Waals surface area contributed by atoms with Gasteiger partial charge in [-0.15, -0.1) is 0 Å². The van der Waals surface area contributed by atoms with Gasteiger partial charge in [0.2, 0.25) is 0 Å². The molecule has 1 aliphatic rings. The van der Waals surface area contributed by atoms with Gasteiger partial charge in [0, 0.05) is 24.5 Å². The number of fused-ring (bicyclic) bond motifs is 1. The summed E-state index contributed by atoms with van der Waals surface area (Å²) in [5.41, 5.74) is 4.22. The molecule has 0 aliphatic carbocycles. The van der Waals surface area contributed by atoms with Crippen molar-refractivity contribution in [1.82, 2.24) is 0 Å². The van der Waals surface area contributed by atoms with Gasteiger partial charge in [0.1, 0.15) is 6.54 Å². The maximum atomic E-state index is 2.44. The molecule has 0 fully saturated rings. The minimum atomic E-state index is 0.444. The van der Waals surface area contributed by atoms with E-state index in [1.807, 2.05) is 0 Å². The molecule has 0 saturated heterocycles. The summed E-state index contributed by atoms with van der Waals surface area (Å²) in [6.07, 6.45) is 3.44. The Balaban J connectivity index is 1.93. The molecule has 0 spiro atoms. The van der Waals surface area contributed by atoms with Crippen LogP contribution in [0.1, 0.15) is 29.7 Å². The van der Waals surface area contributed by atoms with Gasteiger partial charge in [0.25, 0.3) is 0 Å². The molecule has 0 bridgehead atoms. The van der Waals surface area contributed by atoms with Crippen LogP contribution in [0.25, 0.3) is 0 Å². The highest BCUT2D eigenvalue weighted by atomic mass is 15.0. The highest BCUT2D eigenvalue weighted by Gasteiger charge is 2.21. The van der Waals surface area contributed by atoms with Gasteiger partial charge < -0.3 is 0 Å². The molecule has 2 aromatic carbocycles. The van der Waals surface area contributed by atoms with E-state index in [1.54, 1.807) is 0 Å². The molecule has 1 nitrogen and oxygen atoms in total. The van der Waals surface area contributed by atoms with Crippen molar-refractivity contribution in [3.8, 4) is 0 Å². The van der Waals surface area contributed by atoms with Crippen LogP contribution < -0.4 is 0 Å². The number of rotatable bonds is 2. The molecular formula is C17H18N+. The van der Waals surface area contributed by atoms with E-state index < -0.39 is 0 Å². The summed E-state index contributed by atoms with van der Waals surface area (Å²) in [7, 11) is 0. The standard InChI is InChI=1S/C17H18N/c1-14(15-7-3-2-4-8-15)18-12-11-16-9-5-6-10-17(16)13-18/h2-10,13-14H,11-12H2,1H3/q+1/t14-/m0/s1. The molecule has 1 heteroatoms. The van der Waals surface area contributed by atoms with Crippen LogP contribution in [0, 0.1) is 0 Å². The lowest BCUT2D eigenvalue weighted by Gasteiger charge is -2.17. The Morgan fingerprint density at radius 3 is 2.50 bits per heavy atom. The fraction of sp³-hybridized carbons (Fsp3) is 0.235. The summed E-state index contributed by atoms with van der Waals surface area (Å²) in [4.78, 5) is 0. The SMILES string of the molecule is C[C@@H](c1ccccc1)[N+]1=Cc2ccccc2CC1. The van der Waals surface area contributed by atoms with Gasteiger partial charge >= 0.3 is 0 Å². The fourth-order valence-electron chi connectivity index (χ4n) is 2.61. The van der Waals surface area contributed by atoms with Crippen molar-refractivity contribution in [2.45, 2.75) is 19.4 Å². The van der Waals surface area contributed by atoms with Crippen molar-refractivity contribution < 1.29 is 4.58 Å². The molecule has 18 heavy (non-hydrogen) atoms. The smallest absolute Gasteiger partial charge is 0.175 e. The maximum Gasteiger partial charge on any atom is 0.175 e.